The lowest BCUT2D eigenvalue weighted by Gasteiger charge is -2.51. The van der Waals surface area contributed by atoms with Crippen LogP contribution in [0.1, 0.15) is 39.0 Å². The molecule has 0 aromatic carbocycles. The summed E-state index contributed by atoms with van der Waals surface area (Å²) in [5.74, 6) is 1.02. The van der Waals surface area contributed by atoms with Crippen molar-refractivity contribution < 1.29 is 14.0 Å². The van der Waals surface area contributed by atoms with Crippen molar-refractivity contribution in [1.82, 2.24) is 0 Å². The number of halogens is 1. The van der Waals surface area contributed by atoms with Gasteiger partial charge in [0.15, 0.2) is 5.78 Å². The molecule has 0 amide bonds. The molecule has 21 heavy (non-hydrogen) atoms. The number of alkyl halides is 1. The van der Waals surface area contributed by atoms with Crippen molar-refractivity contribution >= 4 is 11.6 Å². The number of carbonyl (C=O) groups is 2. The number of ketones is 2. The molecule has 0 bridgehead atoms. The summed E-state index contributed by atoms with van der Waals surface area (Å²) < 4.78 is 14.9. The van der Waals surface area contributed by atoms with Gasteiger partial charge < -0.3 is 0 Å². The number of allylic oxidation sites excluding steroid dienone is 4. The molecule has 2 fully saturated rings. The molecule has 4 rings (SSSR count). The maximum Gasteiger partial charge on any atom is 0.155 e. The Balaban J connectivity index is 1.76. The van der Waals surface area contributed by atoms with E-state index in [1.807, 2.05) is 13.0 Å². The van der Waals surface area contributed by atoms with E-state index in [1.54, 1.807) is 6.08 Å². The second-order valence-corrected chi connectivity index (χ2v) is 7.48. The van der Waals surface area contributed by atoms with Crippen LogP contribution in [0.25, 0.3) is 0 Å². The fourth-order valence-corrected chi connectivity index (χ4v) is 5.45. The van der Waals surface area contributed by atoms with E-state index in [1.165, 1.54) is 0 Å². The van der Waals surface area contributed by atoms with Gasteiger partial charge in [0.2, 0.25) is 0 Å². The number of hydrogen-bond donors (Lipinski definition) is 0. The Hall–Kier alpha value is -1.25. The molecule has 112 valence electrons. The zero-order chi connectivity index (χ0) is 14.8. The third kappa shape index (κ3) is 1.75. The first-order chi connectivity index (χ1) is 10.0. The number of fused-ring (bicyclic) bond motifs is 5. The topological polar surface area (TPSA) is 34.1 Å². The van der Waals surface area contributed by atoms with E-state index in [2.05, 4.69) is 6.08 Å². The minimum atomic E-state index is -0.926. The predicted molar refractivity (Wildman–Crippen MR) is 77.3 cm³/mol. The second-order valence-electron chi connectivity index (χ2n) is 7.48. The largest absolute Gasteiger partial charge is 0.299 e. The Morgan fingerprint density at radius 3 is 2.86 bits per heavy atom. The van der Waals surface area contributed by atoms with Gasteiger partial charge in [-0.15, -0.1) is 0 Å². The van der Waals surface area contributed by atoms with Gasteiger partial charge in [0.05, 0.1) is 0 Å². The third-order valence-electron chi connectivity index (χ3n) is 6.52. The van der Waals surface area contributed by atoms with E-state index in [0.717, 1.165) is 18.4 Å². The van der Waals surface area contributed by atoms with Gasteiger partial charge in [-0.1, -0.05) is 19.1 Å². The summed E-state index contributed by atoms with van der Waals surface area (Å²) in [5.41, 5.74) is 0.555. The van der Waals surface area contributed by atoms with Crippen LogP contribution < -0.4 is 0 Å². The van der Waals surface area contributed by atoms with Crippen molar-refractivity contribution in [1.29, 1.82) is 0 Å². The average Bonchev–Trinajstić information content (AvgIpc) is 2.74. The van der Waals surface area contributed by atoms with Crippen LogP contribution in [0.5, 0.6) is 0 Å². The molecule has 3 heteroatoms. The molecule has 2 saturated carbocycles. The van der Waals surface area contributed by atoms with Gasteiger partial charge in [-0.3, -0.25) is 9.59 Å². The van der Waals surface area contributed by atoms with Crippen LogP contribution in [0.15, 0.2) is 23.8 Å². The van der Waals surface area contributed by atoms with E-state index >= 15 is 0 Å². The van der Waals surface area contributed by atoms with Crippen LogP contribution >= 0.6 is 0 Å². The summed E-state index contributed by atoms with van der Waals surface area (Å²) in [6.45, 7) is 1.97. The van der Waals surface area contributed by atoms with E-state index in [4.69, 9.17) is 0 Å². The van der Waals surface area contributed by atoms with Crippen LogP contribution in [0, 0.1) is 29.1 Å². The van der Waals surface area contributed by atoms with Crippen LogP contribution in [-0.2, 0) is 9.59 Å². The number of Topliss-reactive ketones (excluding diaryl/α,β-unsaturated/α-hetero) is 1. The highest BCUT2D eigenvalue weighted by molar-refractivity contribution is 5.92. The first-order valence-electron chi connectivity index (χ1n) is 8.11. The minimum absolute atomic E-state index is 0.0293. The monoisotopic (exact) mass is 288 g/mol. The van der Waals surface area contributed by atoms with E-state index < -0.39 is 11.6 Å². The lowest BCUT2D eigenvalue weighted by molar-refractivity contribution is -0.132. The zero-order valence-corrected chi connectivity index (χ0v) is 12.3. The van der Waals surface area contributed by atoms with Gasteiger partial charge in [-0.2, -0.15) is 0 Å². The summed E-state index contributed by atoms with van der Waals surface area (Å²) >= 11 is 0. The SMILES string of the molecule is C[C@]12C[C@H](F)[C@H]3[C@@H](C=CC4=CC(=O)CC[C@@H]43)[C@@H]1CCC2=O. The highest BCUT2D eigenvalue weighted by Gasteiger charge is 2.58. The minimum Gasteiger partial charge on any atom is -0.299 e. The molecule has 0 radical (unpaired) electrons. The molecule has 0 spiro atoms. The first-order valence-corrected chi connectivity index (χ1v) is 8.11. The molecule has 0 aliphatic heterocycles. The van der Waals surface area contributed by atoms with Crippen molar-refractivity contribution in [3.8, 4) is 0 Å². The average molecular weight is 288 g/mol. The van der Waals surface area contributed by atoms with Crippen molar-refractivity contribution in [2.45, 2.75) is 45.2 Å². The number of carbonyl (C=O) groups excluding carboxylic acids is 2. The van der Waals surface area contributed by atoms with E-state index in [0.29, 0.717) is 19.3 Å². The maximum atomic E-state index is 14.9. The Morgan fingerprint density at radius 2 is 2.05 bits per heavy atom. The lowest BCUT2D eigenvalue weighted by atomic mass is 9.53. The van der Waals surface area contributed by atoms with Crippen molar-refractivity contribution in [3.63, 3.8) is 0 Å². The predicted octanol–water partition coefficient (Wildman–Crippen LogP) is 3.42. The molecular formula is C18H21FO2. The van der Waals surface area contributed by atoms with Crippen LogP contribution in [0.2, 0.25) is 0 Å². The molecule has 4 aliphatic rings. The van der Waals surface area contributed by atoms with Gasteiger partial charge in [0.1, 0.15) is 12.0 Å². The van der Waals surface area contributed by atoms with Gasteiger partial charge in [0.25, 0.3) is 0 Å². The highest BCUT2D eigenvalue weighted by Crippen LogP contribution is 2.59. The summed E-state index contributed by atoms with van der Waals surface area (Å²) in [5, 5.41) is 0. The molecular weight excluding hydrogens is 267 g/mol. The Kier molecular flexibility index (Phi) is 2.79. The quantitative estimate of drug-likeness (QED) is 0.684. The summed E-state index contributed by atoms with van der Waals surface area (Å²) in [7, 11) is 0. The van der Waals surface area contributed by atoms with Crippen LogP contribution in [-0.4, -0.2) is 17.7 Å². The standard InChI is InChI=1S/C18H21FO2/c1-18-9-15(19)17-12-5-3-11(20)8-10(12)2-4-13(17)14(18)6-7-16(18)21/h2,4,8,12-15,17H,3,5-7,9H2,1H3/t12-,13-,14-,15-,17+,18-/m0/s1. The maximum absolute atomic E-state index is 14.9. The zero-order valence-electron chi connectivity index (χ0n) is 12.3. The Bertz CT molecular complexity index is 576. The molecule has 0 heterocycles. The number of rotatable bonds is 0. The van der Waals surface area contributed by atoms with Crippen LogP contribution in [0.4, 0.5) is 4.39 Å². The van der Waals surface area contributed by atoms with Gasteiger partial charge in [0, 0.05) is 24.2 Å². The Morgan fingerprint density at radius 1 is 1.24 bits per heavy atom. The van der Waals surface area contributed by atoms with Gasteiger partial charge >= 0.3 is 0 Å². The second kappa shape index (κ2) is 4.37. The molecule has 2 nitrogen and oxygen atoms in total. The molecule has 0 N–H and O–H groups in total. The van der Waals surface area contributed by atoms with Crippen LogP contribution in [0.3, 0.4) is 0 Å². The van der Waals surface area contributed by atoms with E-state index in [9.17, 15) is 14.0 Å². The van der Waals surface area contributed by atoms with E-state index in [-0.39, 0.29) is 35.2 Å². The van der Waals surface area contributed by atoms with Crippen molar-refractivity contribution in [2.75, 3.05) is 0 Å². The summed E-state index contributed by atoms with van der Waals surface area (Å²) in [4.78, 5) is 23.8. The first kappa shape index (κ1) is 13.4. The molecule has 0 aromatic heterocycles. The smallest absolute Gasteiger partial charge is 0.155 e. The molecule has 6 atom stereocenters. The molecule has 0 unspecified atom stereocenters. The van der Waals surface area contributed by atoms with Gasteiger partial charge in [-0.05, 0) is 48.7 Å². The molecule has 4 aliphatic carbocycles. The lowest BCUT2D eigenvalue weighted by Crippen LogP contribution is -2.50. The Labute approximate surface area is 124 Å². The number of hydrogen-bond acceptors (Lipinski definition) is 2. The fourth-order valence-electron chi connectivity index (χ4n) is 5.45. The molecule has 0 saturated heterocycles. The van der Waals surface area contributed by atoms with Crippen molar-refractivity contribution in [2.24, 2.45) is 29.1 Å². The normalized spacial score (nSPS) is 48.5. The van der Waals surface area contributed by atoms with Crippen molar-refractivity contribution in [3.05, 3.63) is 23.8 Å². The fraction of sp³-hybridized carbons (Fsp3) is 0.667. The highest BCUT2D eigenvalue weighted by atomic mass is 19.1. The summed E-state index contributed by atoms with van der Waals surface area (Å²) in [6, 6.07) is 0. The van der Waals surface area contributed by atoms with Gasteiger partial charge in [-0.25, -0.2) is 4.39 Å². The third-order valence-corrected chi connectivity index (χ3v) is 6.52. The summed E-state index contributed by atoms with van der Waals surface area (Å²) in [6.07, 6.45) is 8.11. The molecule has 0 aromatic rings.